The number of rotatable bonds is 16. The lowest BCUT2D eigenvalue weighted by Gasteiger charge is -2.41. The molecule has 2 aromatic carbocycles. The molecule has 2 atom stereocenters. The molecule has 4 N–H and O–H groups in total. The molecule has 392 valence electrons. The van der Waals surface area contributed by atoms with Crippen LogP contribution in [0.2, 0.25) is 0 Å². The zero-order valence-corrected chi connectivity index (χ0v) is 41.2. The number of aromatic carboxylic acids is 1. The molecule has 0 saturated carbocycles. The molecule has 2 aliphatic heterocycles. The van der Waals surface area contributed by atoms with Gasteiger partial charge in [-0.3, -0.25) is 4.79 Å². The number of aromatic nitrogens is 4. The third-order valence-electron chi connectivity index (χ3n) is 11.1. The Bertz CT molecular complexity index is 2800. The summed E-state index contributed by atoms with van der Waals surface area (Å²) in [7, 11) is 6.06. The quantitative estimate of drug-likeness (QED) is 0.0707. The molecular formula is C48H53ClN10O15. The number of methoxy groups -OCH3 is 4. The van der Waals surface area contributed by atoms with Crippen molar-refractivity contribution in [2.75, 3.05) is 90.7 Å². The van der Waals surface area contributed by atoms with Gasteiger partial charge in [-0.2, -0.15) is 0 Å². The number of nitro groups is 2. The van der Waals surface area contributed by atoms with E-state index in [1.165, 1.54) is 63.3 Å². The van der Waals surface area contributed by atoms with Gasteiger partial charge < -0.3 is 84.0 Å². The van der Waals surface area contributed by atoms with Crippen molar-refractivity contribution < 1.29 is 63.2 Å². The number of hydrogen-bond donors (Lipinski definition) is 4. The van der Waals surface area contributed by atoms with Crippen LogP contribution in [0, 0.1) is 20.2 Å². The maximum absolute atomic E-state index is 13.3. The minimum atomic E-state index is -1.13. The maximum atomic E-state index is 13.3. The Morgan fingerprint density at radius 3 is 1.50 bits per heavy atom. The Labute approximate surface area is 429 Å². The molecule has 4 aromatic heterocycles. The van der Waals surface area contributed by atoms with E-state index in [9.17, 15) is 34.9 Å². The van der Waals surface area contributed by atoms with Crippen LogP contribution >= 0.6 is 12.4 Å². The van der Waals surface area contributed by atoms with E-state index in [0.717, 1.165) is 18.8 Å². The average Bonchev–Trinajstić information content (AvgIpc) is 3.43. The zero-order valence-electron chi connectivity index (χ0n) is 40.4. The SMILES string of the molecule is COc1ccc(Oc2cnc(C(=O)N3CCN(c4ccc([N+](=O)[O-])nc4)C[C@@H]3CO)cc2OC)cc1.COc1ccc(Oc2cnc(C(=O)O)cc2OC)cc1.Cl.O=[N+]([O-])c1ccc(N2CCN[C@@H](CO)C2)cn1. The molecule has 8 rings (SSSR count). The molecule has 6 heterocycles. The number of pyridine rings is 4. The number of amides is 1. The lowest BCUT2D eigenvalue weighted by atomic mass is 10.1. The first-order valence-corrected chi connectivity index (χ1v) is 22.2. The molecule has 0 spiro atoms. The third-order valence-corrected chi connectivity index (χ3v) is 11.1. The van der Waals surface area contributed by atoms with E-state index in [1.54, 1.807) is 79.8 Å². The Hall–Kier alpha value is -8.65. The lowest BCUT2D eigenvalue weighted by Crippen LogP contribution is -2.57. The largest absolute Gasteiger partial charge is 0.497 e. The molecule has 25 nitrogen and oxygen atoms in total. The first kappa shape index (κ1) is 56.3. The normalized spacial score (nSPS) is 14.8. The van der Waals surface area contributed by atoms with Gasteiger partial charge in [-0.05, 0) is 80.5 Å². The van der Waals surface area contributed by atoms with Gasteiger partial charge in [-0.25, -0.2) is 14.8 Å². The summed E-state index contributed by atoms with van der Waals surface area (Å²) in [6.07, 6.45) is 5.64. The Balaban J connectivity index is 0.000000225. The van der Waals surface area contributed by atoms with Gasteiger partial charge in [0, 0.05) is 69.6 Å². The summed E-state index contributed by atoms with van der Waals surface area (Å²) in [6.45, 7) is 3.17. The summed E-state index contributed by atoms with van der Waals surface area (Å²) in [5.74, 6) is 1.95. The van der Waals surface area contributed by atoms with Gasteiger partial charge >= 0.3 is 17.6 Å². The molecule has 1 amide bonds. The second-order valence-corrected chi connectivity index (χ2v) is 15.6. The van der Waals surface area contributed by atoms with E-state index < -0.39 is 21.9 Å². The number of halogens is 1. The number of carbonyl (C=O) groups is 2. The molecule has 26 heteroatoms. The highest BCUT2D eigenvalue weighted by molar-refractivity contribution is 5.93. The van der Waals surface area contributed by atoms with Crippen molar-refractivity contribution >= 4 is 47.3 Å². The Morgan fingerprint density at radius 1 is 0.608 bits per heavy atom. The van der Waals surface area contributed by atoms with E-state index in [1.807, 2.05) is 9.80 Å². The fraction of sp³-hybridized carbons (Fsp3) is 0.292. The number of benzene rings is 2. The fourth-order valence-corrected chi connectivity index (χ4v) is 7.29. The lowest BCUT2D eigenvalue weighted by molar-refractivity contribution is -0.389. The van der Waals surface area contributed by atoms with Gasteiger partial charge in [0.15, 0.2) is 41.1 Å². The van der Waals surface area contributed by atoms with Crippen LogP contribution in [0.5, 0.6) is 46.0 Å². The van der Waals surface area contributed by atoms with Crippen molar-refractivity contribution in [1.29, 1.82) is 0 Å². The van der Waals surface area contributed by atoms with Crippen LogP contribution in [0.15, 0.2) is 110 Å². The van der Waals surface area contributed by atoms with Gasteiger partial charge in [0.2, 0.25) is 0 Å². The standard InChI is InChI=1S/C24H25N5O7.C14H13NO5.C10H14N4O3.ClH/c1-34-18-4-6-19(7-5-18)36-22-13-25-20(11-21(22)35-2)24(31)28-10-9-27(14-17(28)15-30)16-3-8-23(26-12-16)29(32)33;1-18-9-3-5-10(6-4-9)20-13-8-15-11(14(16)17)7-12(13)19-2;15-7-8-6-13(4-3-11-8)9-1-2-10(12-5-9)14(16)17;/h3-8,11-13,17,30H,9-10,14-15H2,1-2H3;3-8H,1-2H3,(H,16,17);1-2,5,8,11,15H,3-4,6-7H2;1H/t17-;;8-;/m1.1./s1. The number of anilines is 2. The molecule has 2 saturated heterocycles. The minimum absolute atomic E-state index is 0. The van der Waals surface area contributed by atoms with Gasteiger partial charge in [0.05, 0.1) is 71.5 Å². The number of carboxylic acid groups (broad SMARTS) is 1. The highest BCUT2D eigenvalue weighted by atomic mass is 35.5. The number of carbonyl (C=O) groups excluding carboxylic acids is 1. The van der Waals surface area contributed by atoms with Crippen LogP contribution in [0.25, 0.3) is 0 Å². The number of nitrogens with zero attached hydrogens (tertiary/aromatic N) is 9. The first-order valence-electron chi connectivity index (χ1n) is 22.2. The molecule has 0 unspecified atom stereocenters. The molecule has 0 bridgehead atoms. The Morgan fingerprint density at radius 2 is 1.08 bits per heavy atom. The van der Waals surface area contributed by atoms with Gasteiger partial charge in [-0.1, -0.05) is 0 Å². The first-order chi connectivity index (χ1) is 35.3. The molecular weight excluding hydrogens is 992 g/mol. The van der Waals surface area contributed by atoms with Crippen molar-refractivity contribution in [3.05, 3.63) is 141 Å². The van der Waals surface area contributed by atoms with Crippen LogP contribution in [0.3, 0.4) is 0 Å². The Kier molecular flexibility index (Phi) is 20.7. The van der Waals surface area contributed by atoms with E-state index in [0.29, 0.717) is 77.9 Å². The molecule has 2 aliphatic rings. The van der Waals surface area contributed by atoms with Crippen LogP contribution in [0.1, 0.15) is 21.0 Å². The van der Waals surface area contributed by atoms with Crippen LogP contribution in [0.4, 0.5) is 23.0 Å². The number of aliphatic hydroxyl groups excluding tert-OH is 2. The van der Waals surface area contributed by atoms with Gasteiger partial charge in [0.25, 0.3) is 5.91 Å². The number of piperazine rings is 2. The maximum Gasteiger partial charge on any atom is 0.363 e. The summed E-state index contributed by atoms with van der Waals surface area (Å²) in [5.41, 5.74) is 1.56. The second kappa shape index (κ2) is 27.3. The topological polar surface area (TPSA) is 310 Å². The van der Waals surface area contributed by atoms with E-state index in [2.05, 4.69) is 25.3 Å². The smallest absolute Gasteiger partial charge is 0.363 e. The molecule has 0 aliphatic carbocycles. The predicted octanol–water partition coefficient (Wildman–Crippen LogP) is 5.29. The van der Waals surface area contributed by atoms with Crippen LogP contribution < -0.4 is 43.5 Å². The molecule has 6 aromatic rings. The highest BCUT2D eigenvalue weighted by Crippen LogP contribution is 2.34. The summed E-state index contributed by atoms with van der Waals surface area (Å²) in [5, 5.41) is 52.4. The fourth-order valence-electron chi connectivity index (χ4n) is 7.29. The highest BCUT2D eigenvalue weighted by Gasteiger charge is 2.32. The summed E-state index contributed by atoms with van der Waals surface area (Å²) in [4.78, 5) is 65.6. The summed E-state index contributed by atoms with van der Waals surface area (Å²) in [6, 6.07) is 22.3. The van der Waals surface area contributed by atoms with E-state index in [-0.39, 0.29) is 60.6 Å². The number of hydrogen-bond acceptors (Lipinski definition) is 21. The monoisotopic (exact) mass is 1040 g/mol. The summed E-state index contributed by atoms with van der Waals surface area (Å²) >= 11 is 0. The zero-order chi connectivity index (χ0) is 52.4. The van der Waals surface area contributed by atoms with Crippen molar-refractivity contribution in [1.82, 2.24) is 30.2 Å². The predicted molar refractivity (Wildman–Crippen MR) is 269 cm³/mol. The van der Waals surface area contributed by atoms with Crippen molar-refractivity contribution in [2.45, 2.75) is 12.1 Å². The molecule has 0 radical (unpaired) electrons. The van der Waals surface area contributed by atoms with E-state index in [4.69, 9.17) is 38.6 Å². The van der Waals surface area contributed by atoms with Gasteiger partial charge in [0.1, 0.15) is 28.7 Å². The molecule has 74 heavy (non-hydrogen) atoms. The minimum Gasteiger partial charge on any atom is -0.497 e. The average molecular weight is 1050 g/mol. The number of ether oxygens (including phenoxy) is 6. The second-order valence-electron chi connectivity index (χ2n) is 15.6. The summed E-state index contributed by atoms with van der Waals surface area (Å²) < 4.78 is 32.2. The van der Waals surface area contributed by atoms with E-state index >= 15 is 0 Å². The third kappa shape index (κ3) is 14.9. The van der Waals surface area contributed by atoms with Crippen molar-refractivity contribution in [3.8, 4) is 46.0 Å². The number of carboxylic acids is 1. The van der Waals surface area contributed by atoms with Crippen molar-refractivity contribution in [3.63, 3.8) is 0 Å². The van der Waals surface area contributed by atoms with Crippen LogP contribution in [-0.4, -0.2) is 155 Å². The number of nitrogens with one attached hydrogen (secondary N) is 1. The number of aliphatic hydroxyl groups is 2. The van der Waals surface area contributed by atoms with Crippen LogP contribution in [-0.2, 0) is 0 Å². The van der Waals surface area contributed by atoms with Gasteiger partial charge in [-0.15, -0.1) is 12.4 Å². The van der Waals surface area contributed by atoms with Crippen molar-refractivity contribution in [2.24, 2.45) is 0 Å². The molecule has 2 fully saturated rings.